The number of nitrogen functional groups attached to an aromatic ring is 2. The highest BCUT2D eigenvalue weighted by molar-refractivity contribution is 5.61. The quantitative estimate of drug-likeness (QED) is 0.846. The van der Waals surface area contributed by atoms with Crippen LogP contribution < -0.4 is 16.4 Å². The van der Waals surface area contributed by atoms with Crippen LogP contribution in [0.5, 0.6) is 0 Å². The Morgan fingerprint density at radius 1 is 1.24 bits per heavy atom. The Kier molecular flexibility index (Phi) is 3.57. The van der Waals surface area contributed by atoms with E-state index in [0.29, 0.717) is 30.7 Å². The second kappa shape index (κ2) is 5.53. The maximum Gasteiger partial charge on any atom is 0.165 e. The zero-order valence-electron chi connectivity index (χ0n) is 11.9. The number of pyridine rings is 1. The standard InChI is InChI=1S/C14H18N6O/c1-9-8-21-5-4-20(9)13-6-12(16)18-14(19-13)10-2-3-11(15)17-7-10/h2-3,6-7,9H,4-5,8H2,1H3,(H2,15,17)(H2,16,18,19). The summed E-state index contributed by atoms with van der Waals surface area (Å²) in [4.78, 5) is 15.1. The van der Waals surface area contributed by atoms with Gasteiger partial charge in [-0.15, -0.1) is 0 Å². The second-order valence-corrected chi connectivity index (χ2v) is 5.06. The molecule has 1 unspecified atom stereocenters. The number of ether oxygens (including phenoxy) is 1. The third-order valence-electron chi connectivity index (χ3n) is 3.44. The van der Waals surface area contributed by atoms with Crippen molar-refractivity contribution in [3.8, 4) is 11.4 Å². The molecule has 0 saturated carbocycles. The second-order valence-electron chi connectivity index (χ2n) is 5.06. The lowest BCUT2D eigenvalue weighted by Gasteiger charge is -2.34. The number of nitrogens with zero attached hydrogens (tertiary/aromatic N) is 4. The van der Waals surface area contributed by atoms with Crippen LogP contribution in [0.25, 0.3) is 11.4 Å². The molecule has 0 amide bonds. The third kappa shape index (κ3) is 2.87. The van der Waals surface area contributed by atoms with Gasteiger partial charge in [0.2, 0.25) is 0 Å². The van der Waals surface area contributed by atoms with Crippen molar-refractivity contribution in [3.63, 3.8) is 0 Å². The number of hydrogen-bond donors (Lipinski definition) is 2. The van der Waals surface area contributed by atoms with E-state index in [4.69, 9.17) is 16.2 Å². The van der Waals surface area contributed by atoms with Gasteiger partial charge in [0, 0.05) is 24.4 Å². The molecule has 1 saturated heterocycles. The van der Waals surface area contributed by atoms with Gasteiger partial charge in [0.25, 0.3) is 0 Å². The first-order chi connectivity index (χ1) is 10.1. The van der Waals surface area contributed by atoms with Crippen LogP contribution in [0.4, 0.5) is 17.5 Å². The van der Waals surface area contributed by atoms with Crippen LogP contribution in [-0.2, 0) is 4.74 Å². The van der Waals surface area contributed by atoms with Gasteiger partial charge in [0.05, 0.1) is 19.3 Å². The predicted molar refractivity (Wildman–Crippen MR) is 81.7 cm³/mol. The Hall–Kier alpha value is -2.41. The summed E-state index contributed by atoms with van der Waals surface area (Å²) in [5, 5.41) is 0. The molecule has 1 aliphatic rings. The Labute approximate surface area is 123 Å². The number of hydrogen-bond acceptors (Lipinski definition) is 7. The van der Waals surface area contributed by atoms with Gasteiger partial charge >= 0.3 is 0 Å². The summed E-state index contributed by atoms with van der Waals surface area (Å²) < 4.78 is 5.45. The minimum absolute atomic E-state index is 0.255. The van der Waals surface area contributed by atoms with Crippen LogP contribution in [0.1, 0.15) is 6.92 Å². The van der Waals surface area contributed by atoms with Gasteiger partial charge in [-0.05, 0) is 19.1 Å². The molecule has 3 rings (SSSR count). The van der Waals surface area contributed by atoms with Crippen LogP contribution in [-0.4, -0.2) is 40.8 Å². The SMILES string of the molecule is CC1COCCN1c1cc(N)nc(-c2ccc(N)nc2)n1. The first-order valence-corrected chi connectivity index (χ1v) is 6.84. The summed E-state index contributed by atoms with van der Waals surface area (Å²) in [6.45, 7) is 4.26. The van der Waals surface area contributed by atoms with Crippen molar-refractivity contribution in [3.05, 3.63) is 24.4 Å². The van der Waals surface area contributed by atoms with E-state index in [2.05, 4.69) is 26.8 Å². The smallest absolute Gasteiger partial charge is 0.165 e. The minimum atomic E-state index is 0.255. The fraction of sp³-hybridized carbons (Fsp3) is 0.357. The molecule has 0 bridgehead atoms. The molecule has 0 radical (unpaired) electrons. The summed E-state index contributed by atoms with van der Waals surface area (Å²) in [5.74, 6) is 2.26. The first kappa shape index (κ1) is 13.6. The summed E-state index contributed by atoms with van der Waals surface area (Å²) in [6.07, 6.45) is 1.65. The van der Waals surface area contributed by atoms with Gasteiger partial charge in [-0.25, -0.2) is 15.0 Å². The molecule has 2 aromatic heterocycles. The van der Waals surface area contributed by atoms with Gasteiger partial charge in [0.1, 0.15) is 17.5 Å². The third-order valence-corrected chi connectivity index (χ3v) is 3.44. The molecule has 110 valence electrons. The summed E-state index contributed by atoms with van der Waals surface area (Å²) in [7, 11) is 0. The Morgan fingerprint density at radius 2 is 2.10 bits per heavy atom. The lowest BCUT2D eigenvalue weighted by atomic mass is 10.2. The fourth-order valence-corrected chi connectivity index (χ4v) is 2.33. The average Bonchev–Trinajstić information content (AvgIpc) is 2.48. The monoisotopic (exact) mass is 286 g/mol. The van der Waals surface area contributed by atoms with Gasteiger partial charge in [-0.3, -0.25) is 0 Å². The molecule has 7 nitrogen and oxygen atoms in total. The van der Waals surface area contributed by atoms with E-state index >= 15 is 0 Å². The van der Waals surface area contributed by atoms with Gasteiger partial charge in [-0.2, -0.15) is 0 Å². The molecule has 2 aromatic rings. The molecular weight excluding hydrogens is 268 g/mol. The lowest BCUT2D eigenvalue weighted by Crippen LogP contribution is -2.44. The van der Waals surface area contributed by atoms with E-state index in [1.165, 1.54) is 0 Å². The molecular formula is C14H18N6O. The van der Waals surface area contributed by atoms with E-state index in [0.717, 1.165) is 17.9 Å². The Bertz CT molecular complexity index is 630. The van der Waals surface area contributed by atoms with Crippen molar-refractivity contribution in [2.45, 2.75) is 13.0 Å². The Balaban J connectivity index is 1.97. The number of morpholine rings is 1. The molecule has 3 heterocycles. The van der Waals surface area contributed by atoms with Crippen molar-refractivity contribution >= 4 is 17.5 Å². The zero-order valence-corrected chi connectivity index (χ0v) is 11.9. The molecule has 1 fully saturated rings. The van der Waals surface area contributed by atoms with Gasteiger partial charge in [0.15, 0.2) is 5.82 Å². The number of rotatable bonds is 2. The Morgan fingerprint density at radius 3 is 2.81 bits per heavy atom. The zero-order chi connectivity index (χ0) is 14.8. The van der Waals surface area contributed by atoms with Crippen molar-refractivity contribution in [1.82, 2.24) is 15.0 Å². The van der Waals surface area contributed by atoms with Crippen LogP contribution in [0, 0.1) is 0 Å². The number of nitrogens with two attached hydrogens (primary N) is 2. The van der Waals surface area contributed by atoms with Crippen molar-refractivity contribution in [2.24, 2.45) is 0 Å². The predicted octanol–water partition coefficient (Wildman–Crippen LogP) is 0.928. The van der Waals surface area contributed by atoms with Gasteiger partial charge in [-0.1, -0.05) is 0 Å². The molecule has 21 heavy (non-hydrogen) atoms. The molecule has 4 N–H and O–H groups in total. The molecule has 0 aromatic carbocycles. The van der Waals surface area contributed by atoms with E-state index in [9.17, 15) is 0 Å². The summed E-state index contributed by atoms with van der Waals surface area (Å²) in [5.41, 5.74) is 12.3. The highest BCUT2D eigenvalue weighted by Crippen LogP contribution is 2.23. The van der Waals surface area contributed by atoms with Crippen LogP contribution in [0.2, 0.25) is 0 Å². The van der Waals surface area contributed by atoms with Crippen molar-refractivity contribution in [2.75, 3.05) is 36.1 Å². The fourth-order valence-electron chi connectivity index (χ4n) is 2.33. The van der Waals surface area contributed by atoms with Crippen LogP contribution in [0.3, 0.4) is 0 Å². The van der Waals surface area contributed by atoms with Crippen LogP contribution >= 0.6 is 0 Å². The minimum Gasteiger partial charge on any atom is -0.384 e. The highest BCUT2D eigenvalue weighted by atomic mass is 16.5. The molecule has 1 atom stereocenters. The number of anilines is 3. The molecule has 7 heteroatoms. The summed E-state index contributed by atoms with van der Waals surface area (Å²) >= 11 is 0. The maximum atomic E-state index is 5.92. The lowest BCUT2D eigenvalue weighted by molar-refractivity contribution is 0.0985. The van der Waals surface area contributed by atoms with E-state index in [1.807, 2.05) is 6.07 Å². The highest BCUT2D eigenvalue weighted by Gasteiger charge is 2.21. The largest absolute Gasteiger partial charge is 0.384 e. The van der Waals surface area contributed by atoms with Gasteiger partial charge < -0.3 is 21.1 Å². The molecule has 0 spiro atoms. The topological polar surface area (TPSA) is 103 Å². The maximum absolute atomic E-state index is 5.92. The van der Waals surface area contributed by atoms with Crippen molar-refractivity contribution in [1.29, 1.82) is 0 Å². The average molecular weight is 286 g/mol. The summed E-state index contributed by atoms with van der Waals surface area (Å²) in [6, 6.07) is 5.60. The van der Waals surface area contributed by atoms with Crippen molar-refractivity contribution < 1.29 is 4.74 Å². The molecule has 1 aliphatic heterocycles. The van der Waals surface area contributed by atoms with E-state index < -0.39 is 0 Å². The van der Waals surface area contributed by atoms with Crippen LogP contribution in [0.15, 0.2) is 24.4 Å². The molecule has 0 aliphatic carbocycles. The first-order valence-electron chi connectivity index (χ1n) is 6.84. The van der Waals surface area contributed by atoms with E-state index in [1.54, 1.807) is 18.3 Å². The van der Waals surface area contributed by atoms with E-state index in [-0.39, 0.29) is 6.04 Å². The normalized spacial score (nSPS) is 18.7. The number of aromatic nitrogens is 3.